The Balaban J connectivity index is 2.01. The summed E-state index contributed by atoms with van der Waals surface area (Å²) in [6, 6.07) is 17.9. The summed E-state index contributed by atoms with van der Waals surface area (Å²) in [5.41, 5.74) is 1.65. The lowest BCUT2D eigenvalue weighted by molar-refractivity contribution is -0.133. The SMILES string of the molecule is O=C(O)/C(=C\c1ccccc1)CCNC(=O)C(Cc1ccccc1)CP(=O)(O)O. The average Bonchev–Trinajstić information content (AvgIpc) is 2.67. The van der Waals surface area contributed by atoms with E-state index in [-0.39, 0.29) is 25.0 Å². The van der Waals surface area contributed by atoms with Gasteiger partial charge in [-0.25, -0.2) is 4.79 Å². The van der Waals surface area contributed by atoms with Crippen molar-refractivity contribution in [3.63, 3.8) is 0 Å². The van der Waals surface area contributed by atoms with Crippen molar-refractivity contribution in [2.24, 2.45) is 5.92 Å². The molecule has 0 aliphatic rings. The molecule has 0 bridgehead atoms. The van der Waals surface area contributed by atoms with Gasteiger partial charge in [0.15, 0.2) is 0 Å². The molecule has 0 radical (unpaired) electrons. The van der Waals surface area contributed by atoms with Crippen LogP contribution in [0.1, 0.15) is 17.5 Å². The van der Waals surface area contributed by atoms with Gasteiger partial charge in [-0.3, -0.25) is 9.36 Å². The topological polar surface area (TPSA) is 124 Å². The van der Waals surface area contributed by atoms with Crippen LogP contribution in [0.2, 0.25) is 0 Å². The summed E-state index contributed by atoms with van der Waals surface area (Å²) in [5.74, 6) is -2.51. The molecule has 0 spiro atoms. The van der Waals surface area contributed by atoms with E-state index in [1.54, 1.807) is 48.5 Å². The van der Waals surface area contributed by atoms with Crippen LogP contribution in [0.3, 0.4) is 0 Å². The number of hydrogen-bond acceptors (Lipinski definition) is 3. The molecule has 1 amide bonds. The Bertz CT molecular complexity index is 892. The van der Waals surface area contributed by atoms with Gasteiger partial charge in [0.05, 0.1) is 12.1 Å². The smallest absolute Gasteiger partial charge is 0.331 e. The largest absolute Gasteiger partial charge is 0.478 e. The second-order valence-corrected chi connectivity index (χ2v) is 8.35. The number of carboxylic acids is 1. The predicted molar refractivity (Wildman–Crippen MR) is 110 cm³/mol. The maximum absolute atomic E-state index is 12.5. The Morgan fingerprint density at radius 1 is 1.00 bits per heavy atom. The number of nitrogens with one attached hydrogen (secondary N) is 1. The number of carbonyl (C=O) groups excluding carboxylic acids is 1. The van der Waals surface area contributed by atoms with Crippen LogP contribution in [0.4, 0.5) is 0 Å². The lowest BCUT2D eigenvalue weighted by atomic mass is 10.00. The van der Waals surface area contributed by atoms with Crippen LogP contribution in [0.5, 0.6) is 0 Å². The monoisotopic (exact) mass is 417 g/mol. The first-order valence-electron chi connectivity index (χ1n) is 9.10. The average molecular weight is 417 g/mol. The third kappa shape index (κ3) is 8.44. The van der Waals surface area contributed by atoms with E-state index in [9.17, 15) is 29.0 Å². The Kier molecular flexibility index (Phi) is 8.34. The number of rotatable bonds is 10. The summed E-state index contributed by atoms with van der Waals surface area (Å²) in [5, 5.41) is 12.0. The number of carbonyl (C=O) groups is 2. The van der Waals surface area contributed by atoms with Crippen molar-refractivity contribution in [3.05, 3.63) is 77.4 Å². The molecule has 2 rings (SSSR count). The van der Waals surface area contributed by atoms with Gasteiger partial charge in [-0.2, -0.15) is 0 Å². The Hall–Kier alpha value is -2.73. The summed E-state index contributed by atoms with van der Waals surface area (Å²) < 4.78 is 11.4. The number of amides is 1. The third-order valence-corrected chi connectivity index (χ3v) is 5.18. The number of hydrogen-bond donors (Lipinski definition) is 4. The molecule has 1 atom stereocenters. The molecule has 0 saturated heterocycles. The lowest BCUT2D eigenvalue weighted by Crippen LogP contribution is -2.35. The number of carboxylic acid groups (broad SMARTS) is 1. The molecule has 4 N–H and O–H groups in total. The second-order valence-electron chi connectivity index (χ2n) is 6.66. The summed E-state index contributed by atoms with van der Waals surface area (Å²) in [6.45, 7) is 0.0518. The summed E-state index contributed by atoms with van der Waals surface area (Å²) in [4.78, 5) is 42.6. The fraction of sp³-hybridized carbons (Fsp3) is 0.238. The molecule has 2 aromatic rings. The van der Waals surface area contributed by atoms with Gasteiger partial charge in [0.2, 0.25) is 5.91 Å². The Labute approximate surface area is 169 Å². The van der Waals surface area contributed by atoms with Gasteiger partial charge in [0.1, 0.15) is 0 Å². The molecule has 2 aromatic carbocycles. The molecule has 0 aliphatic heterocycles. The van der Waals surface area contributed by atoms with Gasteiger partial charge < -0.3 is 20.2 Å². The lowest BCUT2D eigenvalue weighted by Gasteiger charge is -2.17. The molecular weight excluding hydrogens is 393 g/mol. The number of benzene rings is 2. The minimum Gasteiger partial charge on any atom is -0.478 e. The zero-order chi connectivity index (χ0) is 21.3. The molecule has 0 saturated carbocycles. The van der Waals surface area contributed by atoms with Gasteiger partial charge in [0, 0.05) is 12.1 Å². The fourth-order valence-corrected chi connectivity index (χ4v) is 3.75. The van der Waals surface area contributed by atoms with E-state index >= 15 is 0 Å². The molecule has 0 heterocycles. The molecule has 1 unspecified atom stereocenters. The maximum Gasteiger partial charge on any atom is 0.331 e. The highest BCUT2D eigenvalue weighted by molar-refractivity contribution is 7.51. The van der Waals surface area contributed by atoms with Crippen molar-refractivity contribution in [1.29, 1.82) is 0 Å². The van der Waals surface area contributed by atoms with E-state index < -0.39 is 31.6 Å². The molecule has 7 nitrogen and oxygen atoms in total. The third-order valence-electron chi connectivity index (χ3n) is 4.26. The zero-order valence-corrected chi connectivity index (χ0v) is 16.7. The van der Waals surface area contributed by atoms with E-state index in [4.69, 9.17) is 0 Å². The van der Waals surface area contributed by atoms with E-state index in [0.717, 1.165) is 11.1 Å². The predicted octanol–water partition coefficient (Wildman–Crippen LogP) is 2.70. The molecule has 29 heavy (non-hydrogen) atoms. The van der Waals surface area contributed by atoms with Crippen LogP contribution in [-0.4, -0.2) is 39.5 Å². The second kappa shape index (κ2) is 10.7. The normalized spacial score (nSPS) is 13.0. The van der Waals surface area contributed by atoms with Crippen molar-refractivity contribution in [1.82, 2.24) is 5.32 Å². The highest BCUT2D eigenvalue weighted by Gasteiger charge is 2.27. The summed E-state index contributed by atoms with van der Waals surface area (Å²) >= 11 is 0. The summed E-state index contributed by atoms with van der Waals surface area (Å²) in [7, 11) is -4.39. The van der Waals surface area contributed by atoms with Crippen LogP contribution >= 0.6 is 7.60 Å². The molecule has 0 aromatic heterocycles. The summed E-state index contributed by atoms with van der Waals surface area (Å²) in [6.07, 6.45) is 1.23. The van der Waals surface area contributed by atoms with Gasteiger partial charge in [0.25, 0.3) is 0 Å². The van der Waals surface area contributed by atoms with E-state index in [1.165, 1.54) is 6.08 Å². The minimum absolute atomic E-state index is 0.0518. The quantitative estimate of drug-likeness (QED) is 0.348. The standard InChI is InChI=1S/C21H24NO6P/c23-20(19(15-29(26,27)28)14-17-9-5-2-6-10-17)22-12-11-18(21(24)25)13-16-7-3-1-4-8-16/h1-10,13,19H,11-12,14-15H2,(H,22,23)(H,24,25)(H2,26,27,28)/b18-13-. The van der Waals surface area contributed by atoms with Crippen molar-refractivity contribution >= 4 is 25.5 Å². The molecule has 8 heteroatoms. The Morgan fingerprint density at radius 2 is 1.59 bits per heavy atom. The highest BCUT2D eigenvalue weighted by atomic mass is 31.2. The first-order valence-corrected chi connectivity index (χ1v) is 10.9. The molecular formula is C21H24NO6P. The van der Waals surface area contributed by atoms with Crippen LogP contribution in [-0.2, 0) is 20.6 Å². The maximum atomic E-state index is 12.5. The van der Waals surface area contributed by atoms with Crippen molar-refractivity contribution < 1.29 is 29.0 Å². The minimum atomic E-state index is -4.39. The van der Waals surface area contributed by atoms with E-state index in [1.807, 2.05) is 12.1 Å². The zero-order valence-electron chi connectivity index (χ0n) is 15.8. The van der Waals surface area contributed by atoms with Gasteiger partial charge in [-0.15, -0.1) is 0 Å². The fourth-order valence-electron chi connectivity index (χ4n) is 2.88. The van der Waals surface area contributed by atoms with Gasteiger partial charge in [-0.05, 0) is 30.0 Å². The van der Waals surface area contributed by atoms with Gasteiger partial charge >= 0.3 is 13.6 Å². The molecule has 0 aliphatic carbocycles. The van der Waals surface area contributed by atoms with Crippen molar-refractivity contribution in [2.45, 2.75) is 12.8 Å². The van der Waals surface area contributed by atoms with Gasteiger partial charge in [-0.1, -0.05) is 60.7 Å². The van der Waals surface area contributed by atoms with Crippen LogP contribution in [0, 0.1) is 5.92 Å². The van der Waals surface area contributed by atoms with Crippen molar-refractivity contribution in [2.75, 3.05) is 12.7 Å². The van der Waals surface area contributed by atoms with Crippen LogP contribution in [0.15, 0.2) is 66.2 Å². The first kappa shape index (κ1) is 22.6. The van der Waals surface area contributed by atoms with Crippen LogP contribution < -0.4 is 5.32 Å². The Morgan fingerprint density at radius 3 is 2.14 bits per heavy atom. The van der Waals surface area contributed by atoms with E-state index in [0.29, 0.717) is 0 Å². The number of aliphatic carboxylic acids is 1. The van der Waals surface area contributed by atoms with Crippen LogP contribution in [0.25, 0.3) is 6.08 Å². The highest BCUT2D eigenvalue weighted by Crippen LogP contribution is 2.37. The van der Waals surface area contributed by atoms with Crippen molar-refractivity contribution in [3.8, 4) is 0 Å². The van der Waals surface area contributed by atoms with E-state index in [2.05, 4.69) is 5.32 Å². The molecule has 154 valence electrons. The first-order chi connectivity index (χ1) is 13.7. The molecule has 0 fully saturated rings.